The van der Waals surface area contributed by atoms with Crippen LogP contribution in [-0.4, -0.2) is 11.7 Å². The van der Waals surface area contributed by atoms with Crippen LogP contribution in [0.4, 0.5) is 4.39 Å². The molecular weight excluding hydrogens is 310 g/mol. The summed E-state index contributed by atoms with van der Waals surface area (Å²) < 4.78 is 16.8. The van der Waals surface area contributed by atoms with E-state index in [1.165, 1.54) is 18.2 Å². The zero-order chi connectivity index (χ0) is 11.4. The molecule has 0 bridgehead atoms. The second-order valence-corrected chi connectivity index (χ2v) is 4.11. The SMILES string of the molecule is Oc1c(Cl)cc(OCC=C(F)Br)cc1Cl. The van der Waals surface area contributed by atoms with Crippen molar-refractivity contribution in [1.29, 1.82) is 0 Å². The van der Waals surface area contributed by atoms with Gasteiger partial charge in [0.05, 0.1) is 10.0 Å². The maximum Gasteiger partial charge on any atom is 0.165 e. The highest BCUT2D eigenvalue weighted by Crippen LogP contribution is 2.35. The van der Waals surface area contributed by atoms with Gasteiger partial charge in [-0.2, -0.15) is 4.39 Å². The lowest BCUT2D eigenvalue weighted by Gasteiger charge is -2.06. The van der Waals surface area contributed by atoms with Crippen LogP contribution in [0.25, 0.3) is 0 Å². The van der Waals surface area contributed by atoms with Gasteiger partial charge in [0.15, 0.2) is 10.5 Å². The predicted octanol–water partition coefficient (Wildman–Crippen LogP) is 4.28. The van der Waals surface area contributed by atoms with Crippen LogP contribution in [0.3, 0.4) is 0 Å². The zero-order valence-electron chi connectivity index (χ0n) is 7.31. The van der Waals surface area contributed by atoms with Crippen LogP contribution in [-0.2, 0) is 0 Å². The van der Waals surface area contributed by atoms with Crippen LogP contribution in [0.5, 0.6) is 11.5 Å². The molecule has 82 valence electrons. The van der Waals surface area contributed by atoms with Gasteiger partial charge in [0.1, 0.15) is 12.4 Å². The fourth-order valence-corrected chi connectivity index (χ4v) is 1.43. The van der Waals surface area contributed by atoms with Crippen LogP contribution < -0.4 is 4.74 Å². The van der Waals surface area contributed by atoms with Gasteiger partial charge in [-0.1, -0.05) is 23.2 Å². The van der Waals surface area contributed by atoms with E-state index >= 15 is 0 Å². The van der Waals surface area contributed by atoms with Gasteiger partial charge in [-0.05, 0) is 22.0 Å². The molecule has 0 fully saturated rings. The molecule has 0 spiro atoms. The Hall–Kier alpha value is -0.450. The van der Waals surface area contributed by atoms with Gasteiger partial charge in [0, 0.05) is 12.1 Å². The van der Waals surface area contributed by atoms with Crippen LogP contribution in [0.1, 0.15) is 0 Å². The third-order valence-electron chi connectivity index (χ3n) is 1.48. The van der Waals surface area contributed by atoms with E-state index in [2.05, 4.69) is 15.9 Å². The van der Waals surface area contributed by atoms with Gasteiger partial charge in [-0.25, -0.2) is 0 Å². The van der Waals surface area contributed by atoms with Crippen molar-refractivity contribution in [3.05, 3.63) is 33.0 Å². The first-order valence-corrected chi connectivity index (χ1v) is 5.37. The minimum absolute atomic E-state index is 0.0362. The van der Waals surface area contributed by atoms with E-state index < -0.39 is 4.74 Å². The van der Waals surface area contributed by atoms with Crippen molar-refractivity contribution in [1.82, 2.24) is 0 Å². The molecule has 1 rings (SSSR count). The van der Waals surface area contributed by atoms with Crippen molar-refractivity contribution in [3.8, 4) is 11.5 Å². The average molecular weight is 316 g/mol. The molecule has 0 aliphatic heterocycles. The van der Waals surface area contributed by atoms with Crippen LogP contribution in [0.2, 0.25) is 10.0 Å². The summed E-state index contributed by atoms with van der Waals surface area (Å²) in [6.45, 7) is 0.0362. The average Bonchev–Trinajstić information content (AvgIpc) is 2.13. The first-order chi connectivity index (χ1) is 7.00. The van der Waals surface area contributed by atoms with Crippen molar-refractivity contribution < 1.29 is 14.2 Å². The molecule has 0 amide bonds. The fraction of sp³-hybridized carbons (Fsp3) is 0.111. The number of rotatable bonds is 3. The van der Waals surface area contributed by atoms with Crippen molar-refractivity contribution in [2.45, 2.75) is 0 Å². The van der Waals surface area contributed by atoms with E-state index in [1.807, 2.05) is 0 Å². The van der Waals surface area contributed by atoms with Gasteiger partial charge < -0.3 is 9.84 Å². The Kier molecular flexibility index (Phi) is 4.70. The molecule has 0 aromatic heterocycles. The Labute approximate surface area is 104 Å². The Morgan fingerprint density at radius 1 is 1.47 bits per heavy atom. The summed E-state index contributed by atoms with van der Waals surface area (Å²) in [6, 6.07) is 2.78. The van der Waals surface area contributed by atoms with Crippen molar-refractivity contribution in [2.24, 2.45) is 0 Å². The van der Waals surface area contributed by atoms with E-state index in [9.17, 15) is 9.50 Å². The lowest BCUT2D eigenvalue weighted by Crippen LogP contribution is -1.93. The Balaban J connectivity index is 2.75. The predicted molar refractivity (Wildman–Crippen MR) is 61.7 cm³/mol. The van der Waals surface area contributed by atoms with Gasteiger partial charge in [0.2, 0.25) is 0 Å². The Bertz CT molecular complexity index is 369. The first-order valence-electron chi connectivity index (χ1n) is 3.82. The summed E-state index contributed by atoms with van der Waals surface area (Å²) in [6.07, 6.45) is 1.19. The van der Waals surface area contributed by atoms with E-state index in [0.29, 0.717) is 5.75 Å². The summed E-state index contributed by atoms with van der Waals surface area (Å²) in [7, 11) is 0. The third kappa shape index (κ3) is 3.89. The van der Waals surface area contributed by atoms with Crippen LogP contribution >= 0.6 is 39.1 Å². The standard InChI is InChI=1S/C9H6BrCl2FO2/c10-8(13)1-2-15-5-3-6(11)9(14)7(12)4-5/h1,3-4,14H,2H2. The molecule has 0 radical (unpaired) electrons. The second-order valence-electron chi connectivity index (χ2n) is 2.54. The fourth-order valence-electron chi connectivity index (χ4n) is 0.826. The molecule has 0 saturated heterocycles. The van der Waals surface area contributed by atoms with Crippen molar-refractivity contribution in [3.63, 3.8) is 0 Å². The normalized spacial score (nSPS) is 11.6. The monoisotopic (exact) mass is 314 g/mol. The van der Waals surface area contributed by atoms with Gasteiger partial charge in [-0.15, -0.1) is 0 Å². The highest BCUT2D eigenvalue weighted by Gasteiger charge is 2.06. The Morgan fingerprint density at radius 2 is 2.00 bits per heavy atom. The zero-order valence-corrected chi connectivity index (χ0v) is 10.4. The number of hydrogen-bond acceptors (Lipinski definition) is 2. The lowest BCUT2D eigenvalue weighted by atomic mass is 10.3. The lowest BCUT2D eigenvalue weighted by molar-refractivity contribution is 0.359. The van der Waals surface area contributed by atoms with Crippen LogP contribution in [0.15, 0.2) is 22.9 Å². The first kappa shape index (κ1) is 12.6. The molecule has 0 aliphatic carbocycles. The molecule has 6 heteroatoms. The summed E-state index contributed by atoms with van der Waals surface area (Å²) in [5.41, 5.74) is 0. The highest BCUT2D eigenvalue weighted by molar-refractivity contribution is 9.11. The summed E-state index contributed by atoms with van der Waals surface area (Å²) in [5, 5.41) is 9.41. The molecule has 0 heterocycles. The molecule has 15 heavy (non-hydrogen) atoms. The molecule has 1 N–H and O–H groups in total. The summed E-state index contributed by atoms with van der Waals surface area (Å²) in [4.78, 5) is 0. The largest absolute Gasteiger partial charge is 0.505 e. The summed E-state index contributed by atoms with van der Waals surface area (Å²) in [5.74, 6) is 0.153. The maximum atomic E-state index is 12.2. The Morgan fingerprint density at radius 3 is 2.47 bits per heavy atom. The molecular formula is C9H6BrCl2FO2. The number of phenolic OH excluding ortho intramolecular Hbond substituents is 1. The van der Waals surface area contributed by atoms with Crippen LogP contribution in [0, 0.1) is 0 Å². The highest BCUT2D eigenvalue weighted by atomic mass is 79.9. The second kappa shape index (κ2) is 5.58. The number of aromatic hydroxyl groups is 1. The molecule has 1 aromatic rings. The van der Waals surface area contributed by atoms with E-state index in [4.69, 9.17) is 27.9 Å². The van der Waals surface area contributed by atoms with Gasteiger partial charge >= 0.3 is 0 Å². The topological polar surface area (TPSA) is 29.5 Å². The number of ether oxygens (including phenoxy) is 1. The number of benzene rings is 1. The molecule has 2 nitrogen and oxygen atoms in total. The molecule has 0 saturated carbocycles. The van der Waals surface area contributed by atoms with Gasteiger partial charge in [-0.3, -0.25) is 0 Å². The smallest absolute Gasteiger partial charge is 0.165 e. The van der Waals surface area contributed by atoms with Crippen molar-refractivity contribution >= 4 is 39.1 Å². The molecule has 0 aliphatic rings. The number of phenols is 1. The molecule has 0 atom stereocenters. The van der Waals surface area contributed by atoms with E-state index in [0.717, 1.165) is 0 Å². The maximum absolute atomic E-state index is 12.2. The molecule has 0 unspecified atom stereocenters. The van der Waals surface area contributed by atoms with E-state index in [-0.39, 0.29) is 22.4 Å². The van der Waals surface area contributed by atoms with E-state index in [1.54, 1.807) is 0 Å². The molecule has 1 aromatic carbocycles. The third-order valence-corrected chi connectivity index (χ3v) is 2.38. The minimum Gasteiger partial charge on any atom is -0.505 e. The number of halogens is 4. The van der Waals surface area contributed by atoms with Crippen molar-refractivity contribution in [2.75, 3.05) is 6.61 Å². The quantitative estimate of drug-likeness (QED) is 0.902. The summed E-state index contributed by atoms with van der Waals surface area (Å²) >= 11 is 13.9. The van der Waals surface area contributed by atoms with Gasteiger partial charge in [0.25, 0.3) is 0 Å². The minimum atomic E-state index is -0.515. The number of hydrogen-bond donors (Lipinski definition) is 1.